The van der Waals surface area contributed by atoms with Gasteiger partial charge in [-0.1, -0.05) is 6.55 Å². The molecule has 0 aromatic carbocycles. The van der Waals surface area contributed by atoms with Gasteiger partial charge in [0.25, 0.3) is 0 Å². The molecule has 0 aliphatic carbocycles. The number of ether oxygens (including phenoxy) is 2. The second kappa shape index (κ2) is 3.35. The topological polar surface area (TPSA) is 18.5 Å². The summed E-state index contributed by atoms with van der Waals surface area (Å²) in [4.78, 5) is 0. The van der Waals surface area contributed by atoms with Crippen LogP contribution in [0.15, 0.2) is 22.9 Å². The highest BCUT2D eigenvalue weighted by molar-refractivity contribution is 6.71. The first-order valence-corrected chi connectivity index (χ1v) is 6.38. The fraction of sp³-hybridized carbons (Fsp3) is 0.556. The fourth-order valence-electron chi connectivity index (χ4n) is 1.48. The molecule has 0 aromatic rings. The summed E-state index contributed by atoms with van der Waals surface area (Å²) in [5, 5.41) is 2.38. The lowest BCUT2D eigenvalue weighted by Gasteiger charge is -2.11. The van der Waals surface area contributed by atoms with Crippen molar-refractivity contribution in [3.63, 3.8) is 0 Å². The molecule has 2 heterocycles. The average Bonchev–Trinajstić information content (AvgIpc) is 2.77. The molecule has 0 saturated carbocycles. The fourth-order valence-corrected chi connectivity index (χ4v) is 3.26. The van der Waals surface area contributed by atoms with Crippen molar-refractivity contribution in [3.05, 3.63) is 22.9 Å². The monoisotopic (exact) mass is 181 g/mol. The molecule has 0 bridgehead atoms. The average molecular weight is 181 g/mol. The SMILES string of the molecule is C[Si](C1=CCCO1)C1=CCCO1. The zero-order valence-corrected chi connectivity index (χ0v) is 8.30. The van der Waals surface area contributed by atoms with Crippen LogP contribution in [0, 0.1) is 0 Å². The normalized spacial score (nSPS) is 21.8. The summed E-state index contributed by atoms with van der Waals surface area (Å²) in [7, 11) is -0.667. The van der Waals surface area contributed by atoms with E-state index in [-0.39, 0.29) is 0 Å². The van der Waals surface area contributed by atoms with Gasteiger partial charge < -0.3 is 9.47 Å². The van der Waals surface area contributed by atoms with E-state index in [0.29, 0.717) is 0 Å². The molecular formula is C9H13O2Si. The van der Waals surface area contributed by atoms with E-state index >= 15 is 0 Å². The molecule has 0 unspecified atom stereocenters. The van der Waals surface area contributed by atoms with Gasteiger partial charge in [0.1, 0.15) is 0 Å². The van der Waals surface area contributed by atoms with Gasteiger partial charge in [0, 0.05) is 12.8 Å². The van der Waals surface area contributed by atoms with Crippen LogP contribution < -0.4 is 0 Å². The van der Waals surface area contributed by atoms with Gasteiger partial charge >= 0.3 is 0 Å². The van der Waals surface area contributed by atoms with E-state index in [4.69, 9.17) is 9.47 Å². The summed E-state index contributed by atoms with van der Waals surface area (Å²) in [6.07, 6.45) is 6.56. The van der Waals surface area contributed by atoms with Crippen molar-refractivity contribution in [3.8, 4) is 0 Å². The number of rotatable bonds is 2. The largest absolute Gasteiger partial charge is 0.503 e. The van der Waals surface area contributed by atoms with Crippen molar-refractivity contribution in [1.29, 1.82) is 0 Å². The van der Waals surface area contributed by atoms with Crippen LogP contribution in [0.1, 0.15) is 12.8 Å². The van der Waals surface area contributed by atoms with E-state index in [2.05, 4.69) is 18.7 Å². The highest BCUT2D eigenvalue weighted by atomic mass is 28.3. The molecule has 2 nitrogen and oxygen atoms in total. The van der Waals surface area contributed by atoms with E-state index in [1.165, 1.54) is 10.8 Å². The third-order valence-electron chi connectivity index (χ3n) is 2.15. The third kappa shape index (κ3) is 1.41. The smallest absolute Gasteiger partial charge is 0.210 e. The van der Waals surface area contributed by atoms with Crippen LogP contribution in [-0.2, 0) is 9.47 Å². The molecule has 0 aromatic heterocycles. The van der Waals surface area contributed by atoms with Gasteiger partial charge in [-0.15, -0.1) is 0 Å². The summed E-state index contributed by atoms with van der Waals surface area (Å²) in [6, 6.07) is 0. The molecule has 3 heteroatoms. The van der Waals surface area contributed by atoms with Crippen LogP contribution in [0.4, 0.5) is 0 Å². The zero-order chi connectivity index (χ0) is 8.39. The van der Waals surface area contributed by atoms with Crippen molar-refractivity contribution >= 4 is 8.80 Å². The second-order valence-corrected chi connectivity index (χ2v) is 5.27. The van der Waals surface area contributed by atoms with E-state index < -0.39 is 8.80 Å². The van der Waals surface area contributed by atoms with Crippen LogP contribution in [0.3, 0.4) is 0 Å². The van der Waals surface area contributed by atoms with Gasteiger partial charge in [-0.05, 0) is 12.2 Å². The third-order valence-corrected chi connectivity index (χ3v) is 4.32. The van der Waals surface area contributed by atoms with Crippen molar-refractivity contribution in [2.45, 2.75) is 19.4 Å². The standard InChI is InChI=1S/C9H13O2Si/c1-12(8-4-2-6-10-8)9-5-3-7-11-9/h4-5H,2-3,6-7H2,1H3. The maximum Gasteiger partial charge on any atom is 0.210 e. The Balaban J connectivity index is 2.03. The number of hydrogen-bond donors (Lipinski definition) is 0. The Morgan fingerprint density at radius 1 is 1.08 bits per heavy atom. The highest BCUT2D eigenvalue weighted by Crippen LogP contribution is 2.21. The molecule has 0 N–H and O–H groups in total. The van der Waals surface area contributed by atoms with E-state index in [9.17, 15) is 0 Å². The molecule has 1 radical (unpaired) electrons. The highest BCUT2D eigenvalue weighted by Gasteiger charge is 2.23. The Labute approximate surface area is 74.5 Å². The Morgan fingerprint density at radius 3 is 1.92 bits per heavy atom. The van der Waals surface area contributed by atoms with Gasteiger partial charge in [0.05, 0.1) is 24.0 Å². The van der Waals surface area contributed by atoms with E-state index in [0.717, 1.165) is 26.1 Å². The molecule has 0 spiro atoms. The minimum atomic E-state index is -0.667. The first kappa shape index (κ1) is 7.92. The Morgan fingerprint density at radius 2 is 1.58 bits per heavy atom. The molecule has 2 aliphatic heterocycles. The molecule has 0 fully saturated rings. The number of hydrogen-bond acceptors (Lipinski definition) is 2. The van der Waals surface area contributed by atoms with Crippen molar-refractivity contribution in [2.75, 3.05) is 13.2 Å². The lowest BCUT2D eigenvalue weighted by atomic mass is 10.5. The molecular weight excluding hydrogens is 168 g/mol. The molecule has 2 aliphatic rings. The van der Waals surface area contributed by atoms with Crippen LogP contribution in [-0.4, -0.2) is 22.0 Å². The summed E-state index contributed by atoms with van der Waals surface area (Å²) < 4.78 is 11.0. The lowest BCUT2D eigenvalue weighted by molar-refractivity contribution is 0.251. The van der Waals surface area contributed by atoms with Crippen molar-refractivity contribution in [1.82, 2.24) is 0 Å². The predicted molar refractivity (Wildman–Crippen MR) is 48.9 cm³/mol. The Bertz CT molecular complexity index is 209. The quantitative estimate of drug-likeness (QED) is 0.605. The minimum Gasteiger partial charge on any atom is -0.503 e. The van der Waals surface area contributed by atoms with Crippen LogP contribution >= 0.6 is 0 Å². The second-order valence-electron chi connectivity index (χ2n) is 3.04. The van der Waals surface area contributed by atoms with Gasteiger partial charge in [-0.25, -0.2) is 0 Å². The maximum atomic E-state index is 5.51. The van der Waals surface area contributed by atoms with Gasteiger partial charge in [-0.3, -0.25) is 0 Å². The van der Waals surface area contributed by atoms with Gasteiger partial charge in [0.15, 0.2) is 0 Å². The summed E-state index contributed by atoms with van der Waals surface area (Å²) >= 11 is 0. The molecule has 0 atom stereocenters. The molecule has 12 heavy (non-hydrogen) atoms. The lowest BCUT2D eigenvalue weighted by Crippen LogP contribution is -2.16. The van der Waals surface area contributed by atoms with Gasteiger partial charge in [0.2, 0.25) is 8.80 Å². The first-order chi connectivity index (χ1) is 5.88. The van der Waals surface area contributed by atoms with Crippen LogP contribution in [0.5, 0.6) is 0 Å². The molecule has 0 saturated heterocycles. The van der Waals surface area contributed by atoms with E-state index in [1.54, 1.807) is 0 Å². The van der Waals surface area contributed by atoms with E-state index in [1.807, 2.05) is 0 Å². The van der Waals surface area contributed by atoms with Crippen molar-refractivity contribution in [2.24, 2.45) is 0 Å². The van der Waals surface area contributed by atoms with Crippen LogP contribution in [0.2, 0.25) is 6.55 Å². The maximum absolute atomic E-state index is 5.51. The Hall–Kier alpha value is -0.703. The summed E-state index contributed by atoms with van der Waals surface area (Å²) in [6.45, 7) is 3.97. The predicted octanol–water partition coefficient (Wildman–Crippen LogP) is 1.80. The zero-order valence-electron chi connectivity index (χ0n) is 7.30. The van der Waals surface area contributed by atoms with Gasteiger partial charge in [-0.2, -0.15) is 0 Å². The first-order valence-electron chi connectivity index (χ1n) is 4.38. The summed E-state index contributed by atoms with van der Waals surface area (Å²) in [5.41, 5.74) is 0. The molecule has 0 amide bonds. The minimum absolute atomic E-state index is 0.667. The van der Waals surface area contributed by atoms with Crippen molar-refractivity contribution < 1.29 is 9.47 Å². The van der Waals surface area contributed by atoms with Crippen LogP contribution in [0.25, 0.3) is 0 Å². The summed E-state index contributed by atoms with van der Waals surface area (Å²) in [5.74, 6) is 0. The Kier molecular flexibility index (Phi) is 2.21. The molecule has 65 valence electrons. The molecule has 2 rings (SSSR count).